The molecule has 0 amide bonds. The molecular weight excluding hydrogens is 248 g/mol. The molecule has 1 unspecified atom stereocenters. The molecule has 112 valence electrons. The van der Waals surface area contributed by atoms with E-state index < -0.39 is 0 Å². The van der Waals surface area contributed by atoms with Crippen LogP contribution < -0.4 is 10.5 Å². The van der Waals surface area contributed by atoms with Gasteiger partial charge in [-0.1, -0.05) is 19.1 Å². The highest BCUT2D eigenvalue weighted by atomic mass is 16.5. The molecule has 20 heavy (non-hydrogen) atoms. The second-order valence-electron chi connectivity index (χ2n) is 5.91. The second kappa shape index (κ2) is 8.28. The average molecular weight is 276 g/mol. The third-order valence-electron chi connectivity index (χ3n) is 4.14. The van der Waals surface area contributed by atoms with Crippen LogP contribution in [0, 0.1) is 5.92 Å². The standard InChI is InChI=1S/C17H28N2O/c1-15-3-2-11-19(12-9-15)13-14-20-17-6-4-16(5-7-17)8-10-18/h4-7,15H,2-3,8-14,18H2,1H3. The third-order valence-corrected chi connectivity index (χ3v) is 4.14. The predicted octanol–water partition coefficient (Wildman–Crippen LogP) is 2.69. The molecule has 0 saturated carbocycles. The smallest absolute Gasteiger partial charge is 0.119 e. The fraction of sp³-hybridized carbons (Fsp3) is 0.647. The van der Waals surface area contributed by atoms with Crippen molar-refractivity contribution in [1.29, 1.82) is 0 Å². The summed E-state index contributed by atoms with van der Waals surface area (Å²) in [7, 11) is 0. The minimum absolute atomic E-state index is 0.702. The van der Waals surface area contributed by atoms with Crippen LogP contribution in [0.3, 0.4) is 0 Å². The molecule has 2 N–H and O–H groups in total. The fourth-order valence-corrected chi connectivity index (χ4v) is 2.76. The van der Waals surface area contributed by atoms with Crippen molar-refractivity contribution in [1.82, 2.24) is 4.90 Å². The maximum Gasteiger partial charge on any atom is 0.119 e. The Morgan fingerprint density at radius 2 is 2.00 bits per heavy atom. The number of hydrogen-bond acceptors (Lipinski definition) is 3. The van der Waals surface area contributed by atoms with E-state index in [4.69, 9.17) is 10.5 Å². The molecule has 1 fully saturated rings. The Morgan fingerprint density at radius 1 is 1.20 bits per heavy atom. The van der Waals surface area contributed by atoms with Crippen LogP contribution in [-0.4, -0.2) is 37.7 Å². The van der Waals surface area contributed by atoms with E-state index in [9.17, 15) is 0 Å². The Labute approximate surface area is 123 Å². The summed E-state index contributed by atoms with van der Waals surface area (Å²) < 4.78 is 5.84. The van der Waals surface area contributed by atoms with Crippen molar-refractivity contribution in [2.45, 2.75) is 32.6 Å². The highest BCUT2D eigenvalue weighted by Crippen LogP contribution is 2.16. The van der Waals surface area contributed by atoms with Crippen molar-refractivity contribution >= 4 is 0 Å². The highest BCUT2D eigenvalue weighted by Gasteiger charge is 2.13. The molecule has 1 saturated heterocycles. The van der Waals surface area contributed by atoms with Crippen LogP contribution in [0.1, 0.15) is 31.7 Å². The number of hydrogen-bond donors (Lipinski definition) is 1. The predicted molar refractivity (Wildman–Crippen MR) is 84.2 cm³/mol. The number of rotatable bonds is 6. The molecule has 1 aliphatic heterocycles. The van der Waals surface area contributed by atoms with Gasteiger partial charge in [0.2, 0.25) is 0 Å². The van der Waals surface area contributed by atoms with Crippen LogP contribution in [0.25, 0.3) is 0 Å². The van der Waals surface area contributed by atoms with Crippen LogP contribution in [0.15, 0.2) is 24.3 Å². The largest absolute Gasteiger partial charge is 0.492 e. The summed E-state index contributed by atoms with van der Waals surface area (Å²) in [6, 6.07) is 8.32. The van der Waals surface area contributed by atoms with Crippen molar-refractivity contribution < 1.29 is 4.74 Å². The zero-order valence-corrected chi connectivity index (χ0v) is 12.7. The minimum Gasteiger partial charge on any atom is -0.492 e. The molecule has 0 aliphatic carbocycles. The first kappa shape index (κ1) is 15.3. The lowest BCUT2D eigenvalue weighted by molar-refractivity contribution is 0.212. The Hall–Kier alpha value is -1.06. The van der Waals surface area contributed by atoms with Gasteiger partial charge in [0.25, 0.3) is 0 Å². The normalized spacial score (nSPS) is 20.6. The van der Waals surface area contributed by atoms with E-state index in [1.54, 1.807) is 0 Å². The number of likely N-dealkylation sites (tertiary alicyclic amines) is 1. The van der Waals surface area contributed by atoms with Crippen molar-refractivity contribution in [2.24, 2.45) is 11.7 Å². The molecule has 3 nitrogen and oxygen atoms in total. The summed E-state index contributed by atoms with van der Waals surface area (Å²) >= 11 is 0. The van der Waals surface area contributed by atoms with E-state index >= 15 is 0 Å². The third kappa shape index (κ3) is 5.14. The lowest BCUT2D eigenvalue weighted by atomic mass is 10.0. The summed E-state index contributed by atoms with van der Waals surface area (Å²) in [6.45, 7) is 7.33. The van der Waals surface area contributed by atoms with E-state index in [1.165, 1.54) is 37.9 Å². The van der Waals surface area contributed by atoms with Gasteiger partial charge in [0, 0.05) is 6.54 Å². The number of benzene rings is 1. The molecule has 1 aromatic carbocycles. The molecule has 1 atom stereocenters. The van der Waals surface area contributed by atoms with Crippen LogP contribution in [0.5, 0.6) is 5.75 Å². The summed E-state index contributed by atoms with van der Waals surface area (Å²) in [5.74, 6) is 1.85. The van der Waals surface area contributed by atoms with E-state index in [-0.39, 0.29) is 0 Å². The van der Waals surface area contributed by atoms with Crippen LogP contribution in [0.2, 0.25) is 0 Å². The Kier molecular flexibility index (Phi) is 6.34. The van der Waals surface area contributed by atoms with Gasteiger partial charge in [0.15, 0.2) is 0 Å². The molecule has 3 heteroatoms. The number of ether oxygens (including phenoxy) is 1. The maximum absolute atomic E-state index is 5.84. The molecule has 0 spiro atoms. The first-order valence-electron chi connectivity index (χ1n) is 7.92. The highest BCUT2D eigenvalue weighted by molar-refractivity contribution is 5.27. The van der Waals surface area contributed by atoms with E-state index in [2.05, 4.69) is 36.1 Å². The Balaban J connectivity index is 1.69. The molecule has 0 bridgehead atoms. The van der Waals surface area contributed by atoms with Gasteiger partial charge in [-0.3, -0.25) is 4.90 Å². The summed E-state index contributed by atoms with van der Waals surface area (Å²) in [6.07, 6.45) is 4.97. The van der Waals surface area contributed by atoms with E-state index in [1.807, 2.05) is 0 Å². The quantitative estimate of drug-likeness (QED) is 0.868. The van der Waals surface area contributed by atoms with Crippen molar-refractivity contribution in [3.05, 3.63) is 29.8 Å². The van der Waals surface area contributed by atoms with Crippen molar-refractivity contribution in [2.75, 3.05) is 32.8 Å². The molecule has 1 aliphatic rings. The van der Waals surface area contributed by atoms with E-state index in [0.717, 1.165) is 31.2 Å². The van der Waals surface area contributed by atoms with E-state index in [0.29, 0.717) is 6.54 Å². The zero-order valence-electron chi connectivity index (χ0n) is 12.7. The van der Waals surface area contributed by atoms with Gasteiger partial charge in [-0.15, -0.1) is 0 Å². The van der Waals surface area contributed by atoms with Crippen LogP contribution in [0.4, 0.5) is 0 Å². The van der Waals surface area contributed by atoms with Gasteiger partial charge in [-0.2, -0.15) is 0 Å². The van der Waals surface area contributed by atoms with Crippen LogP contribution >= 0.6 is 0 Å². The van der Waals surface area contributed by atoms with Crippen LogP contribution in [-0.2, 0) is 6.42 Å². The van der Waals surface area contributed by atoms with Gasteiger partial charge in [0.05, 0.1) is 0 Å². The van der Waals surface area contributed by atoms with Gasteiger partial charge in [-0.25, -0.2) is 0 Å². The lowest BCUT2D eigenvalue weighted by Gasteiger charge is -2.20. The lowest BCUT2D eigenvalue weighted by Crippen LogP contribution is -2.29. The molecule has 0 aromatic heterocycles. The van der Waals surface area contributed by atoms with Gasteiger partial charge in [0.1, 0.15) is 12.4 Å². The van der Waals surface area contributed by atoms with Gasteiger partial charge >= 0.3 is 0 Å². The molecular formula is C17H28N2O. The first-order valence-corrected chi connectivity index (χ1v) is 7.92. The minimum atomic E-state index is 0.702. The summed E-state index contributed by atoms with van der Waals surface area (Å²) in [5.41, 5.74) is 6.83. The SMILES string of the molecule is CC1CCCN(CCOc2ccc(CCN)cc2)CC1. The average Bonchev–Trinajstić information content (AvgIpc) is 2.66. The monoisotopic (exact) mass is 276 g/mol. The first-order chi connectivity index (χ1) is 9.78. The van der Waals surface area contributed by atoms with Crippen molar-refractivity contribution in [3.8, 4) is 5.75 Å². The van der Waals surface area contributed by atoms with Crippen molar-refractivity contribution in [3.63, 3.8) is 0 Å². The molecule has 0 radical (unpaired) electrons. The zero-order chi connectivity index (χ0) is 14.2. The molecule has 1 aromatic rings. The van der Waals surface area contributed by atoms with Gasteiger partial charge < -0.3 is 10.5 Å². The van der Waals surface area contributed by atoms with Gasteiger partial charge in [-0.05, 0) is 68.9 Å². The summed E-state index contributed by atoms with van der Waals surface area (Å²) in [5, 5.41) is 0. The Morgan fingerprint density at radius 3 is 2.75 bits per heavy atom. The number of nitrogens with zero attached hydrogens (tertiary/aromatic N) is 1. The molecule has 1 heterocycles. The second-order valence-corrected chi connectivity index (χ2v) is 5.91. The maximum atomic E-state index is 5.84. The topological polar surface area (TPSA) is 38.5 Å². The Bertz CT molecular complexity index is 377. The fourth-order valence-electron chi connectivity index (χ4n) is 2.76. The number of nitrogens with two attached hydrogens (primary N) is 1. The summed E-state index contributed by atoms with van der Waals surface area (Å²) in [4.78, 5) is 2.53. The molecule has 2 rings (SSSR count).